The Bertz CT molecular complexity index is 392. The van der Waals surface area contributed by atoms with E-state index < -0.39 is 0 Å². The van der Waals surface area contributed by atoms with Crippen LogP contribution in [0.4, 0.5) is 0 Å². The molecule has 2 nitrogen and oxygen atoms in total. The lowest BCUT2D eigenvalue weighted by Gasteiger charge is -2.30. The first-order valence-corrected chi connectivity index (χ1v) is 6.64. The Labute approximate surface area is 105 Å². The number of aryl methyl sites for hydroxylation is 1. The van der Waals surface area contributed by atoms with Gasteiger partial charge in [0.1, 0.15) is 0 Å². The Balaban J connectivity index is 2.24. The highest BCUT2D eigenvalue weighted by Crippen LogP contribution is 2.29. The van der Waals surface area contributed by atoms with Gasteiger partial charge in [0, 0.05) is 6.04 Å². The zero-order valence-corrected chi connectivity index (χ0v) is 11.2. The van der Waals surface area contributed by atoms with Gasteiger partial charge in [0.05, 0.1) is 0 Å². The molecule has 0 spiro atoms. The highest BCUT2D eigenvalue weighted by molar-refractivity contribution is 5.40. The van der Waals surface area contributed by atoms with Gasteiger partial charge >= 0.3 is 0 Å². The SMILES string of the molecule is Cc1ccc(C(N)C2CCCNC2)c(C)c1C. The molecule has 1 aromatic carbocycles. The molecule has 0 aliphatic carbocycles. The van der Waals surface area contributed by atoms with Crippen LogP contribution in [-0.2, 0) is 0 Å². The summed E-state index contributed by atoms with van der Waals surface area (Å²) in [6, 6.07) is 4.60. The fraction of sp³-hybridized carbons (Fsp3) is 0.600. The van der Waals surface area contributed by atoms with Gasteiger partial charge in [-0.25, -0.2) is 0 Å². The molecular formula is C15H24N2. The Morgan fingerprint density at radius 3 is 2.65 bits per heavy atom. The third-order valence-corrected chi connectivity index (χ3v) is 4.30. The van der Waals surface area contributed by atoms with E-state index in [9.17, 15) is 0 Å². The van der Waals surface area contributed by atoms with Gasteiger partial charge in [-0.1, -0.05) is 12.1 Å². The Morgan fingerprint density at radius 2 is 2.00 bits per heavy atom. The van der Waals surface area contributed by atoms with Crippen LogP contribution in [0.15, 0.2) is 12.1 Å². The van der Waals surface area contributed by atoms with Crippen LogP contribution in [0.2, 0.25) is 0 Å². The van der Waals surface area contributed by atoms with Crippen molar-refractivity contribution in [1.29, 1.82) is 0 Å². The van der Waals surface area contributed by atoms with E-state index in [-0.39, 0.29) is 6.04 Å². The van der Waals surface area contributed by atoms with Crippen molar-refractivity contribution in [3.63, 3.8) is 0 Å². The highest BCUT2D eigenvalue weighted by Gasteiger charge is 2.23. The average molecular weight is 232 g/mol. The van der Waals surface area contributed by atoms with Crippen molar-refractivity contribution in [1.82, 2.24) is 5.32 Å². The lowest BCUT2D eigenvalue weighted by atomic mass is 9.84. The number of hydrogen-bond donors (Lipinski definition) is 2. The van der Waals surface area contributed by atoms with Gasteiger partial charge in [0.15, 0.2) is 0 Å². The molecule has 2 heteroatoms. The summed E-state index contributed by atoms with van der Waals surface area (Å²) in [7, 11) is 0. The van der Waals surface area contributed by atoms with Gasteiger partial charge < -0.3 is 11.1 Å². The summed E-state index contributed by atoms with van der Waals surface area (Å²) in [4.78, 5) is 0. The minimum Gasteiger partial charge on any atom is -0.324 e. The fourth-order valence-electron chi connectivity index (χ4n) is 2.78. The van der Waals surface area contributed by atoms with Gasteiger partial charge in [0.2, 0.25) is 0 Å². The van der Waals surface area contributed by atoms with Crippen molar-refractivity contribution in [2.75, 3.05) is 13.1 Å². The van der Waals surface area contributed by atoms with E-state index >= 15 is 0 Å². The predicted octanol–water partition coefficient (Wildman–Crippen LogP) is 2.61. The molecule has 1 aliphatic heterocycles. The second kappa shape index (κ2) is 5.19. The summed E-state index contributed by atoms with van der Waals surface area (Å²) in [5.74, 6) is 0.588. The van der Waals surface area contributed by atoms with E-state index in [4.69, 9.17) is 5.73 Å². The van der Waals surface area contributed by atoms with Crippen LogP contribution >= 0.6 is 0 Å². The molecule has 1 heterocycles. The van der Waals surface area contributed by atoms with Gasteiger partial charge in [-0.05, 0) is 74.9 Å². The Kier molecular flexibility index (Phi) is 3.85. The van der Waals surface area contributed by atoms with E-state index in [0.717, 1.165) is 13.1 Å². The maximum atomic E-state index is 6.45. The average Bonchev–Trinajstić information content (AvgIpc) is 2.36. The van der Waals surface area contributed by atoms with Crippen molar-refractivity contribution >= 4 is 0 Å². The van der Waals surface area contributed by atoms with E-state index in [2.05, 4.69) is 38.2 Å². The number of hydrogen-bond acceptors (Lipinski definition) is 2. The van der Waals surface area contributed by atoms with Crippen molar-refractivity contribution < 1.29 is 0 Å². The first-order chi connectivity index (χ1) is 8.11. The maximum absolute atomic E-state index is 6.45. The van der Waals surface area contributed by atoms with E-state index in [1.807, 2.05) is 0 Å². The molecule has 1 fully saturated rings. The van der Waals surface area contributed by atoms with Crippen LogP contribution in [-0.4, -0.2) is 13.1 Å². The third-order valence-electron chi connectivity index (χ3n) is 4.30. The zero-order chi connectivity index (χ0) is 12.4. The second-order valence-electron chi connectivity index (χ2n) is 5.35. The summed E-state index contributed by atoms with van der Waals surface area (Å²) >= 11 is 0. The summed E-state index contributed by atoms with van der Waals surface area (Å²) in [5, 5.41) is 3.45. The molecule has 94 valence electrons. The lowest BCUT2D eigenvalue weighted by Crippen LogP contribution is -2.36. The standard InChI is InChI=1S/C15H24N2/c1-10-6-7-14(12(3)11(10)2)15(16)13-5-4-8-17-9-13/h6-7,13,15,17H,4-5,8-9,16H2,1-3H3. The van der Waals surface area contributed by atoms with Gasteiger partial charge in [-0.15, -0.1) is 0 Å². The van der Waals surface area contributed by atoms with Gasteiger partial charge in [-0.3, -0.25) is 0 Å². The maximum Gasteiger partial charge on any atom is 0.0338 e. The first-order valence-electron chi connectivity index (χ1n) is 6.64. The molecule has 0 radical (unpaired) electrons. The van der Waals surface area contributed by atoms with Gasteiger partial charge in [0.25, 0.3) is 0 Å². The molecule has 0 bridgehead atoms. The summed E-state index contributed by atoms with van der Waals surface area (Å²) in [5.41, 5.74) is 11.9. The topological polar surface area (TPSA) is 38.0 Å². The quantitative estimate of drug-likeness (QED) is 0.822. The molecule has 2 unspecified atom stereocenters. The van der Waals surface area contributed by atoms with Crippen LogP contribution in [0.1, 0.15) is 41.1 Å². The van der Waals surface area contributed by atoms with Crippen molar-refractivity contribution in [3.05, 3.63) is 34.4 Å². The number of piperidine rings is 1. The smallest absolute Gasteiger partial charge is 0.0338 e. The minimum atomic E-state index is 0.182. The van der Waals surface area contributed by atoms with Crippen LogP contribution in [0.25, 0.3) is 0 Å². The second-order valence-corrected chi connectivity index (χ2v) is 5.35. The highest BCUT2D eigenvalue weighted by atomic mass is 14.9. The normalized spacial score (nSPS) is 22.5. The molecular weight excluding hydrogens is 208 g/mol. The third kappa shape index (κ3) is 2.53. The first kappa shape index (κ1) is 12.6. The van der Waals surface area contributed by atoms with Crippen LogP contribution in [0.5, 0.6) is 0 Å². The van der Waals surface area contributed by atoms with Crippen molar-refractivity contribution in [3.8, 4) is 0 Å². The molecule has 3 N–H and O–H groups in total. The van der Waals surface area contributed by atoms with E-state index in [1.165, 1.54) is 35.1 Å². The van der Waals surface area contributed by atoms with Crippen molar-refractivity contribution in [2.24, 2.45) is 11.7 Å². The minimum absolute atomic E-state index is 0.182. The molecule has 2 atom stereocenters. The summed E-state index contributed by atoms with van der Waals surface area (Å²) < 4.78 is 0. The number of nitrogens with two attached hydrogens (primary N) is 1. The molecule has 1 saturated heterocycles. The molecule has 1 aliphatic rings. The lowest BCUT2D eigenvalue weighted by molar-refractivity contribution is 0.325. The summed E-state index contributed by atoms with van der Waals surface area (Å²) in [6.45, 7) is 8.77. The molecule has 0 saturated carbocycles. The van der Waals surface area contributed by atoms with Crippen LogP contribution < -0.4 is 11.1 Å². The zero-order valence-electron chi connectivity index (χ0n) is 11.2. The fourth-order valence-corrected chi connectivity index (χ4v) is 2.78. The summed E-state index contributed by atoms with van der Waals surface area (Å²) in [6.07, 6.45) is 2.50. The predicted molar refractivity (Wildman–Crippen MR) is 73.2 cm³/mol. The van der Waals surface area contributed by atoms with Crippen molar-refractivity contribution in [2.45, 2.75) is 39.7 Å². The number of rotatable bonds is 2. The van der Waals surface area contributed by atoms with E-state index in [1.54, 1.807) is 0 Å². The molecule has 0 aromatic heterocycles. The monoisotopic (exact) mass is 232 g/mol. The molecule has 0 amide bonds. The van der Waals surface area contributed by atoms with Crippen LogP contribution in [0.3, 0.4) is 0 Å². The van der Waals surface area contributed by atoms with Crippen LogP contribution in [0, 0.1) is 26.7 Å². The van der Waals surface area contributed by atoms with Gasteiger partial charge in [-0.2, -0.15) is 0 Å². The Morgan fingerprint density at radius 1 is 1.24 bits per heavy atom. The molecule has 2 rings (SSSR count). The molecule has 1 aromatic rings. The number of benzene rings is 1. The van der Waals surface area contributed by atoms with E-state index in [0.29, 0.717) is 5.92 Å². The number of nitrogens with one attached hydrogen (secondary N) is 1. The molecule has 17 heavy (non-hydrogen) atoms. The largest absolute Gasteiger partial charge is 0.324 e. The Hall–Kier alpha value is -0.860.